The first-order chi connectivity index (χ1) is 12.8. The van der Waals surface area contributed by atoms with Crippen molar-refractivity contribution in [2.24, 2.45) is 0 Å². The van der Waals surface area contributed by atoms with E-state index in [1.54, 1.807) is 31.4 Å². The van der Waals surface area contributed by atoms with Crippen LogP contribution in [0.15, 0.2) is 53.0 Å². The average molecular weight is 455 g/mol. The van der Waals surface area contributed by atoms with E-state index in [0.717, 1.165) is 39.2 Å². The van der Waals surface area contributed by atoms with Crippen LogP contribution in [0.3, 0.4) is 0 Å². The molecule has 0 aliphatic rings. The Balaban J connectivity index is 1.87. The standard InChI is InChI=1S/C19H23BrN2O4S/c1-26-18-7-3-5-15(13-18)6-4-12-21-19(23)14-22(27(2,24)25)17-10-8-16(20)9-11-17/h3,5,7-11,13H,4,6,12,14H2,1-2H3,(H,21,23). The summed E-state index contributed by atoms with van der Waals surface area (Å²) in [4.78, 5) is 12.2. The molecule has 2 aromatic carbocycles. The molecule has 0 radical (unpaired) electrons. The van der Waals surface area contributed by atoms with E-state index >= 15 is 0 Å². The molecule has 0 fully saturated rings. The van der Waals surface area contributed by atoms with Gasteiger partial charge in [0.2, 0.25) is 15.9 Å². The van der Waals surface area contributed by atoms with E-state index in [1.807, 2.05) is 24.3 Å². The van der Waals surface area contributed by atoms with E-state index in [9.17, 15) is 13.2 Å². The molecule has 0 atom stereocenters. The Kier molecular flexibility index (Phi) is 7.67. The Morgan fingerprint density at radius 3 is 2.52 bits per heavy atom. The van der Waals surface area contributed by atoms with Gasteiger partial charge in [-0.15, -0.1) is 0 Å². The Morgan fingerprint density at radius 1 is 1.19 bits per heavy atom. The van der Waals surface area contributed by atoms with Crippen LogP contribution in [0.25, 0.3) is 0 Å². The van der Waals surface area contributed by atoms with E-state index in [1.165, 1.54) is 0 Å². The van der Waals surface area contributed by atoms with Crippen molar-refractivity contribution in [3.63, 3.8) is 0 Å². The summed E-state index contributed by atoms with van der Waals surface area (Å²) in [5.74, 6) is 0.462. The fourth-order valence-electron chi connectivity index (χ4n) is 2.54. The van der Waals surface area contributed by atoms with Crippen LogP contribution in [0, 0.1) is 0 Å². The highest BCUT2D eigenvalue weighted by Gasteiger charge is 2.20. The third kappa shape index (κ3) is 6.88. The highest BCUT2D eigenvalue weighted by molar-refractivity contribution is 9.10. The molecule has 0 aromatic heterocycles. The normalized spacial score (nSPS) is 11.1. The molecule has 8 heteroatoms. The second-order valence-corrected chi connectivity index (χ2v) is 8.87. The molecule has 0 saturated heterocycles. The fraction of sp³-hybridized carbons (Fsp3) is 0.316. The van der Waals surface area contributed by atoms with Crippen molar-refractivity contribution in [3.8, 4) is 5.75 Å². The van der Waals surface area contributed by atoms with Gasteiger partial charge in [0, 0.05) is 11.0 Å². The lowest BCUT2D eigenvalue weighted by molar-refractivity contribution is -0.119. The third-order valence-electron chi connectivity index (χ3n) is 3.90. The zero-order valence-corrected chi connectivity index (χ0v) is 17.7. The summed E-state index contributed by atoms with van der Waals surface area (Å²) < 4.78 is 31.2. The summed E-state index contributed by atoms with van der Waals surface area (Å²) in [6, 6.07) is 14.5. The summed E-state index contributed by atoms with van der Waals surface area (Å²) in [6.45, 7) is 0.216. The van der Waals surface area contributed by atoms with Crippen LogP contribution in [0.5, 0.6) is 5.75 Å². The number of anilines is 1. The lowest BCUT2D eigenvalue weighted by Gasteiger charge is -2.22. The number of carbonyl (C=O) groups is 1. The molecule has 0 heterocycles. The van der Waals surface area contributed by atoms with Crippen LogP contribution in [0.4, 0.5) is 5.69 Å². The van der Waals surface area contributed by atoms with Crippen LogP contribution in [-0.4, -0.2) is 40.8 Å². The van der Waals surface area contributed by atoms with Gasteiger partial charge in [0.25, 0.3) is 0 Å². The number of methoxy groups -OCH3 is 1. The lowest BCUT2D eigenvalue weighted by Crippen LogP contribution is -2.40. The fourth-order valence-corrected chi connectivity index (χ4v) is 3.66. The van der Waals surface area contributed by atoms with Gasteiger partial charge in [0.15, 0.2) is 0 Å². The van der Waals surface area contributed by atoms with Gasteiger partial charge >= 0.3 is 0 Å². The Bertz CT molecular complexity index is 870. The summed E-state index contributed by atoms with van der Waals surface area (Å²) in [7, 11) is -1.94. The number of aryl methyl sites for hydroxylation is 1. The number of amides is 1. The molecule has 146 valence electrons. The van der Waals surface area contributed by atoms with Crippen molar-refractivity contribution in [2.75, 3.05) is 30.8 Å². The maximum absolute atomic E-state index is 12.2. The molecule has 0 unspecified atom stereocenters. The summed E-state index contributed by atoms with van der Waals surface area (Å²) in [5.41, 5.74) is 1.57. The number of halogens is 1. The van der Waals surface area contributed by atoms with Crippen LogP contribution in [0.1, 0.15) is 12.0 Å². The van der Waals surface area contributed by atoms with Gasteiger partial charge in [-0.05, 0) is 54.8 Å². The van der Waals surface area contributed by atoms with E-state index in [4.69, 9.17) is 4.74 Å². The minimum Gasteiger partial charge on any atom is -0.497 e. The van der Waals surface area contributed by atoms with Crippen LogP contribution >= 0.6 is 15.9 Å². The Labute approximate surface area is 168 Å². The zero-order valence-electron chi connectivity index (χ0n) is 15.3. The first-order valence-electron chi connectivity index (χ1n) is 8.42. The first kappa shape index (κ1) is 21.2. The van der Waals surface area contributed by atoms with Crippen molar-refractivity contribution >= 4 is 37.5 Å². The maximum Gasteiger partial charge on any atom is 0.240 e. The number of benzene rings is 2. The molecule has 0 aliphatic heterocycles. The molecular formula is C19H23BrN2O4S. The minimum atomic E-state index is -3.56. The summed E-state index contributed by atoms with van der Waals surface area (Å²) in [5, 5.41) is 2.78. The molecule has 2 aromatic rings. The number of rotatable bonds is 9. The highest BCUT2D eigenvalue weighted by Crippen LogP contribution is 2.20. The Morgan fingerprint density at radius 2 is 1.89 bits per heavy atom. The second kappa shape index (κ2) is 9.75. The van der Waals surface area contributed by atoms with Crippen molar-refractivity contribution in [1.82, 2.24) is 5.32 Å². The van der Waals surface area contributed by atoms with E-state index in [-0.39, 0.29) is 12.5 Å². The second-order valence-electron chi connectivity index (χ2n) is 6.05. The molecule has 1 amide bonds. The van der Waals surface area contributed by atoms with Gasteiger partial charge in [-0.1, -0.05) is 28.1 Å². The number of hydrogen-bond donors (Lipinski definition) is 1. The largest absolute Gasteiger partial charge is 0.497 e. The average Bonchev–Trinajstić information content (AvgIpc) is 2.63. The van der Waals surface area contributed by atoms with E-state index in [2.05, 4.69) is 21.2 Å². The molecule has 2 rings (SSSR count). The minimum absolute atomic E-state index is 0.250. The molecule has 1 N–H and O–H groups in total. The molecule has 0 aliphatic carbocycles. The van der Waals surface area contributed by atoms with Crippen LogP contribution in [0.2, 0.25) is 0 Å². The smallest absolute Gasteiger partial charge is 0.240 e. The molecule has 0 bridgehead atoms. The summed E-state index contributed by atoms with van der Waals surface area (Å²) in [6.07, 6.45) is 2.63. The van der Waals surface area contributed by atoms with Crippen LogP contribution < -0.4 is 14.4 Å². The number of nitrogens with one attached hydrogen (secondary N) is 1. The van der Waals surface area contributed by atoms with E-state index in [0.29, 0.717) is 12.2 Å². The Hall–Kier alpha value is -2.06. The predicted molar refractivity (Wildman–Crippen MR) is 111 cm³/mol. The van der Waals surface area contributed by atoms with Crippen molar-refractivity contribution < 1.29 is 17.9 Å². The number of carbonyl (C=O) groups excluding carboxylic acids is 1. The highest BCUT2D eigenvalue weighted by atomic mass is 79.9. The van der Waals surface area contributed by atoms with Gasteiger partial charge in [0.05, 0.1) is 19.1 Å². The number of ether oxygens (including phenoxy) is 1. The number of sulfonamides is 1. The molecule has 0 spiro atoms. The zero-order chi connectivity index (χ0) is 19.9. The van der Waals surface area contributed by atoms with Gasteiger partial charge in [-0.2, -0.15) is 0 Å². The SMILES string of the molecule is COc1cccc(CCCNC(=O)CN(c2ccc(Br)cc2)S(C)(=O)=O)c1. The molecular weight excluding hydrogens is 432 g/mol. The number of hydrogen-bond acceptors (Lipinski definition) is 4. The van der Waals surface area contributed by atoms with Gasteiger partial charge in [-0.25, -0.2) is 8.42 Å². The quantitative estimate of drug-likeness (QED) is 0.590. The van der Waals surface area contributed by atoms with Crippen molar-refractivity contribution in [3.05, 3.63) is 58.6 Å². The monoisotopic (exact) mass is 454 g/mol. The molecule has 27 heavy (non-hydrogen) atoms. The molecule has 0 saturated carbocycles. The summed E-state index contributed by atoms with van der Waals surface area (Å²) >= 11 is 3.31. The molecule has 6 nitrogen and oxygen atoms in total. The van der Waals surface area contributed by atoms with Gasteiger partial charge in [-0.3, -0.25) is 9.10 Å². The first-order valence-corrected chi connectivity index (χ1v) is 11.1. The van der Waals surface area contributed by atoms with Crippen LogP contribution in [-0.2, 0) is 21.2 Å². The topological polar surface area (TPSA) is 75.7 Å². The maximum atomic E-state index is 12.2. The van der Waals surface area contributed by atoms with Gasteiger partial charge < -0.3 is 10.1 Å². The van der Waals surface area contributed by atoms with Crippen molar-refractivity contribution in [1.29, 1.82) is 0 Å². The number of nitrogens with zero attached hydrogens (tertiary/aromatic N) is 1. The third-order valence-corrected chi connectivity index (χ3v) is 5.57. The van der Waals surface area contributed by atoms with Crippen molar-refractivity contribution in [2.45, 2.75) is 12.8 Å². The lowest BCUT2D eigenvalue weighted by atomic mass is 10.1. The van der Waals surface area contributed by atoms with E-state index < -0.39 is 10.0 Å². The predicted octanol–water partition coefficient (Wildman–Crippen LogP) is 2.97. The van der Waals surface area contributed by atoms with Gasteiger partial charge in [0.1, 0.15) is 12.3 Å².